The third-order valence-electron chi connectivity index (χ3n) is 1.42. The fraction of sp³-hybridized carbons (Fsp3) is 0.750. The Balaban J connectivity index is 4.05. The van der Waals surface area contributed by atoms with E-state index in [4.69, 9.17) is 10.5 Å². The molecule has 4 nitrogen and oxygen atoms in total. The summed E-state index contributed by atoms with van der Waals surface area (Å²) in [6.45, 7) is 3.70. The Hall–Kier alpha value is -0.900. The van der Waals surface area contributed by atoms with E-state index in [0.29, 0.717) is 18.9 Å². The SMILES string of the molecule is COCCC(/N=C(\C)N)C(C)=O. The molecule has 0 aliphatic carbocycles. The number of Topliss-reactive ketones (excluding diaryl/α,β-unsaturated/α-hetero) is 1. The molecule has 12 heavy (non-hydrogen) atoms. The van der Waals surface area contributed by atoms with E-state index in [-0.39, 0.29) is 11.8 Å². The summed E-state index contributed by atoms with van der Waals surface area (Å²) in [5.74, 6) is 0.461. The van der Waals surface area contributed by atoms with E-state index in [1.165, 1.54) is 6.92 Å². The van der Waals surface area contributed by atoms with Crippen molar-refractivity contribution in [3.05, 3.63) is 0 Å². The fourth-order valence-electron chi connectivity index (χ4n) is 0.834. The van der Waals surface area contributed by atoms with Crippen LogP contribution in [0.5, 0.6) is 0 Å². The van der Waals surface area contributed by atoms with Crippen LogP contribution in [-0.2, 0) is 9.53 Å². The zero-order chi connectivity index (χ0) is 9.56. The lowest BCUT2D eigenvalue weighted by Crippen LogP contribution is -2.21. The van der Waals surface area contributed by atoms with Gasteiger partial charge >= 0.3 is 0 Å². The third-order valence-corrected chi connectivity index (χ3v) is 1.42. The average Bonchev–Trinajstić information content (AvgIpc) is 1.96. The van der Waals surface area contributed by atoms with E-state index < -0.39 is 0 Å². The van der Waals surface area contributed by atoms with Gasteiger partial charge in [0.25, 0.3) is 0 Å². The number of carbonyl (C=O) groups is 1. The summed E-state index contributed by atoms with van der Waals surface area (Å²) in [6, 6.07) is -0.338. The van der Waals surface area contributed by atoms with Crippen molar-refractivity contribution < 1.29 is 9.53 Å². The van der Waals surface area contributed by atoms with E-state index in [1.807, 2.05) is 0 Å². The molecule has 0 heterocycles. The summed E-state index contributed by atoms with van der Waals surface area (Å²) in [4.78, 5) is 14.9. The van der Waals surface area contributed by atoms with E-state index in [1.54, 1.807) is 14.0 Å². The number of amidine groups is 1. The maximum atomic E-state index is 11.0. The molecular weight excluding hydrogens is 156 g/mol. The van der Waals surface area contributed by atoms with E-state index in [9.17, 15) is 4.79 Å². The molecule has 0 rings (SSSR count). The molecule has 70 valence electrons. The van der Waals surface area contributed by atoms with Crippen LogP contribution < -0.4 is 5.73 Å². The smallest absolute Gasteiger partial charge is 0.154 e. The van der Waals surface area contributed by atoms with Gasteiger partial charge in [-0.2, -0.15) is 0 Å². The second-order valence-electron chi connectivity index (χ2n) is 2.68. The van der Waals surface area contributed by atoms with Crippen LogP contribution in [0.4, 0.5) is 0 Å². The van der Waals surface area contributed by atoms with Gasteiger partial charge in [-0.3, -0.25) is 9.79 Å². The van der Waals surface area contributed by atoms with Crippen LogP contribution in [0, 0.1) is 0 Å². The lowest BCUT2D eigenvalue weighted by molar-refractivity contribution is -0.118. The van der Waals surface area contributed by atoms with Gasteiger partial charge in [-0.1, -0.05) is 0 Å². The summed E-state index contributed by atoms with van der Waals surface area (Å²) in [5, 5.41) is 0. The standard InChI is InChI=1S/C8H16N2O2/c1-6(11)8(4-5-12-3)10-7(2)9/h8H,4-5H2,1-3H3,(H2,9,10). The monoisotopic (exact) mass is 172 g/mol. The fourth-order valence-corrected chi connectivity index (χ4v) is 0.834. The molecule has 4 heteroatoms. The van der Waals surface area contributed by atoms with Crippen molar-refractivity contribution in [1.29, 1.82) is 0 Å². The number of carbonyl (C=O) groups excluding carboxylic acids is 1. The van der Waals surface area contributed by atoms with Crippen LogP contribution in [-0.4, -0.2) is 31.4 Å². The molecule has 0 spiro atoms. The molecule has 0 aliphatic heterocycles. The molecule has 0 aromatic carbocycles. The number of ether oxygens (including phenoxy) is 1. The topological polar surface area (TPSA) is 64.7 Å². The Morgan fingerprint density at radius 3 is 2.50 bits per heavy atom. The van der Waals surface area contributed by atoms with Crippen molar-refractivity contribution in [2.24, 2.45) is 10.7 Å². The number of rotatable bonds is 5. The first kappa shape index (κ1) is 11.1. The molecule has 1 atom stereocenters. The van der Waals surface area contributed by atoms with E-state index in [0.717, 1.165) is 0 Å². The molecule has 0 saturated heterocycles. The molecule has 0 amide bonds. The minimum atomic E-state index is -0.338. The third kappa shape index (κ3) is 4.85. The van der Waals surface area contributed by atoms with Gasteiger partial charge < -0.3 is 10.5 Å². The average molecular weight is 172 g/mol. The molecule has 0 fully saturated rings. The number of hydrogen-bond donors (Lipinski definition) is 1. The van der Waals surface area contributed by atoms with Gasteiger partial charge in [-0.15, -0.1) is 0 Å². The van der Waals surface area contributed by atoms with Crippen molar-refractivity contribution in [2.75, 3.05) is 13.7 Å². The normalized spacial score (nSPS) is 14.4. The predicted octanol–water partition coefficient (Wildman–Crippen LogP) is 0.358. The summed E-state index contributed by atoms with van der Waals surface area (Å²) >= 11 is 0. The van der Waals surface area contributed by atoms with Crippen LogP contribution in [0.2, 0.25) is 0 Å². The number of methoxy groups -OCH3 is 1. The first-order valence-corrected chi connectivity index (χ1v) is 3.87. The molecule has 1 unspecified atom stereocenters. The Kier molecular flexibility index (Phi) is 5.28. The second-order valence-corrected chi connectivity index (χ2v) is 2.68. The van der Waals surface area contributed by atoms with E-state index in [2.05, 4.69) is 4.99 Å². The van der Waals surface area contributed by atoms with Gasteiger partial charge in [-0.05, 0) is 13.8 Å². The highest BCUT2D eigenvalue weighted by molar-refractivity contribution is 5.86. The molecule has 0 radical (unpaired) electrons. The zero-order valence-electron chi connectivity index (χ0n) is 7.83. The predicted molar refractivity (Wildman–Crippen MR) is 48.3 cm³/mol. The molecule has 2 N–H and O–H groups in total. The quantitative estimate of drug-likeness (QED) is 0.481. The van der Waals surface area contributed by atoms with Crippen LogP contribution >= 0.6 is 0 Å². The van der Waals surface area contributed by atoms with Crippen molar-refractivity contribution >= 4 is 11.6 Å². The summed E-state index contributed by atoms with van der Waals surface area (Å²) in [7, 11) is 1.59. The van der Waals surface area contributed by atoms with Crippen molar-refractivity contribution in [3.63, 3.8) is 0 Å². The number of nitrogens with two attached hydrogens (primary N) is 1. The Bertz CT molecular complexity index is 174. The summed E-state index contributed by atoms with van der Waals surface area (Å²) in [5.41, 5.74) is 5.36. The van der Waals surface area contributed by atoms with Gasteiger partial charge in [0.2, 0.25) is 0 Å². The van der Waals surface area contributed by atoms with Crippen LogP contribution in [0.3, 0.4) is 0 Å². The number of aliphatic imine (C=N–C) groups is 1. The highest BCUT2D eigenvalue weighted by Gasteiger charge is 2.11. The van der Waals surface area contributed by atoms with Gasteiger partial charge in [0.05, 0.1) is 5.84 Å². The first-order valence-electron chi connectivity index (χ1n) is 3.87. The van der Waals surface area contributed by atoms with Crippen LogP contribution in [0.25, 0.3) is 0 Å². The highest BCUT2D eigenvalue weighted by atomic mass is 16.5. The molecule has 0 aliphatic rings. The van der Waals surface area contributed by atoms with Gasteiger partial charge in [0.15, 0.2) is 5.78 Å². The maximum Gasteiger partial charge on any atom is 0.154 e. The zero-order valence-corrected chi connectivity index (χ0v) is 7.83. The Morgan fingerprint density at radius 1 is 1.58 bits per heavy atom. The lowest BCUT2D eigenvalue weighted by atomic mass is 10.1. The van der Waals surface area contributed by atoms with Crippen LogP contribution in [0.1, 0.15) is 20.3 Å². The lowest BCUT2D eigenvalue weighted by Gasteiger charge is -2.07. The molecule has 0 bridgehead atoms. The molecule has 0 aromatic rings. The van der Waals surface area contributed by atoms with Crippen LogP contribution in [0.15, 0.2) is 4.99 Å². The largest absolute Gasteiger partial charge is 0.388 e. The van der Waals surface area contributed by atoms with E-state index >= 15 is 0 Å². The van der Waals surface area contributed by atoms with Gasteiger partial charge in [-0.25, -0.2) is 0 Å². The molecular formula is C8H16N2O2. The van der Waals surface area contributed by atoms with Gasteiger partial charge in [0.1, 0.15) is 6.04 Å². The Morgan fingerprint density at radius 2 is 2.17 bits per heavy atom. The van der Waals surface area contributed by atoms with Crippen molar-refractivity contribution in [3.8, 4) is 0 Å². The summed E-state index contributed by atoms with van der Waals surface area (Å²) < 4.78 is 4.84. The summed E-state index contributed by atoms with van der Waals surface area (Å²) in [6.07, 6.45) is 0.598. The minimum absolute atomic E-state index is 0.0249. The van der Waals surface area contributed by atoms with Gasteiger partial charge in [0, 0.05) is 20.1 Å². The molecule has 0 saturated carbocycles. The number of nitrogens with zero attached hydrogens (tertiary/aromatic N) is 1. The highest BCUT2D eigenvalue weighted by Crippen LogP contribution is 1.99. The van der Waals surface area contributed by atoms with Crippen molar-refractivity contribution in [2.45, 2.75) is 26.3 Å². The second kappa shape index (κ2) is 5.71. The maximum absolute atomic E-state index is 11.0. The number of ketones is 1. The van der Waals surface area contributed by atoms with Crippen molar-refractivity contribution in [1.82, 2.24) is 0 Å². The first-order chi connectivity index (χ1) is 5.57. The molecule has 0 aromatic heterocycles. The number of hydrogen-bond acceptors (Lipinski definition) is 3. The minimum Gasteiger partial charge on any atom is -0.388 e. The Labute approximate surface area is 72.8 Å².